The molecule has 16 heavy (non-hydrogen) atoms. The predicted octanol–water partition coefficient (Wildman–Crippen LogP) is 0.763. The Hall–Kier alpha value is -2.01. The minimum Gasteiger partial charge on any atom is -0.508 e. The summed E-state index contributed by atoms with van der Waals surface area (Å²) in [5, 5.41) is 16.8. The van der Waals surface area contributed by atoms with Crippen LogP contribution in [0.4, 0.5) is 5.82 Å². The van der Waals surface area contributed by atoms with Crippen LogP contribution in [0, 0.1) is 0 Å². The van der Waals surface area contributed by atoms with Crippen molar-refractivity contribution in [2.45, 2.75) is 13.1 Å². The van der Waals surface area contributed by atoms with E-state index in [1.807, 2.05) is 16.8 Å². The van der Waals surface area contributed by atoms with Crippen LogP contribution in [-0.2, 0) is 13.1 Å². The molecule has 2 aromatic rings. The van der Waals surface area contributed by atoms with Gasteiger partial charge in [-0.05, 0) is 24.3 Å². The van der Waals surface area contributed by atoms with Crippen LogP contribution in [0.15, 0.2) is 24.3 Å². The van der Waals surface area contributed by atoms with Crippen molar-refractivity contribution >= 4 is 5.82 Å². The Morgan fingerprint density at radius 1 is 1.25 bits per heavy atom. The topological polar surface area (TPSA) is 76.1 Å². The van der Waals surface area contributed by atoms with Gasteiger partial charge in [-0.15, -0.1) is 0 Å². The number of aromatic nitrogens is 2. The Kier molecular flexibility index (Phi) is 1.87. The third-order valence-electron chi connectivity index (χ3n) is 2.81. The van der Waals surface area contributed by atoms with Crippen molar-refractivity contribution in [2.75, 3.05) is 5.73 Å². The number of nitrogens with one attached hydrogen (secondary N) is 1. The second kappa shape index (κ2) is 3.24. The fourth-order valence-corrected chi connectivity index (χ4v) is 1.99. The summed E-state index contributed by atoms with van der Waals surface area (Å²) in [4.78, 5) is 0. The molecule has 0 amide bonds. The number of nitrogens with two attached hydrogens (primary N) is 1. The van der Waals surface area contributed by atoms with Crippen LogP contribution in [0.5, 0.6) is 5.75 Å². The van der Waals surface area contributed by atoms with Crippen molar-refractivity contribution in [1.29, 1.82) is 0 Å². The molecular weight excluding hydrogens is 204 g/mol. The zero-order valence-corrected chi connectivity index (χ0v) is 8.64. The molecule has 0 unspecified atom stereocenters. The fraction of sp³-hybridized carbons (Fsp3) is 0.182. The molecule has 0 aliphatic carbocycles. The summed E-state index contributed by atoms with van der Waals surface area (Å²) in [6.45, 7) is 1.56. The molecule has 0 bridgehead atoms. The lowest BCUT2D eigenvalue weighted by Gasteiger charge is -2.04. The molecule has 1 aromatic carbocycles. The highest BCUT2D eigenvalue weighted by atomic mass is 16.3. The molecule has 1 aromatic heterocycles. The lowest BCUT2D eigenvalue weighted by molar-refractivity contribution is 0.475. The van der Waals surface area contributed by atoms with Gasteiger partial charge in [0.05, 0.1) is 11.4 Å². The molecule has 0 saturated carbocycles. The third kappa shape index (κ3) is 1.25. The van der Waals surface area contributed by atoms with E-state index < -0.39 is 0 Å². The average molecular weight is 216 g/mol. The summed E-state index contributed by atoms with van der Waals surface area (Å²) < 4.78 is 1.82. The van der Waals surface area contributed by atoms with Crippen LogP contribution in [0.2, 0.25) is 0 Å². The van der Waals surface area contributed by atoms with E-state index in [-0.39, 0.29) is 5.75 Å². The first-order valence-electron chi connectivity index (χ1n) is 5.12. The largest absolute Gasteiger partial charge is 0.508 e. The van der Waals surface area contributed by atoms with Gasteiger partial charge in [-0.2, -0.15) is 5.10 Å². The molecule has 4 N–H and O–H groups in total. The van der Waals surface area contributed by atoms with Crippen molar-refractivity contribution in [1.82, 2.24) is 15.1 Å². The summed E-state index contributed by atoms with van der Waals surface area (Å²) in [5.74, 6) is 0.826. The summed E-state index contributed by atoms with van der Waals surface area (Å²) in [6, 6.07) is 6.92. The van der Waals surface area contributed by atoms with E-state index in [1.165, 1.54) is 0 Å². The van der Waals surface area contributed by atoms with Crippen LogP contribution in [-0.4, -0.2) is 14.9 Å². The highest BCUT2D eigenvalue weighted by molar-refractivity contribution is 5.49. The Balaban J connectivity index is 2.13. The molecule has 3 rings (SSSR count). The maximum Gasteiger partial charge on any atom is 0.150 e. The van der Waals surface area contributed by atoms with Crippen molar-refractivity contribution in [3.63, 3.8) is 0 Å². The molecule has 1 aliphatic rings. The molecule has 0 radical (unpaired) electrons. The van der Waals surface area contributed by atoms with Gasteiger partial charge < -0.3 is 16.2 Å². The number of hydrogen-bond donors (Lipinski definition) is 3. The number of nitrogen functional groups attached to an aromatic ring is 1. The number of phenolic OH excluding ortho intramolecular Hbond substituents is 1. The number of benzene rings is 1. The summed E-state index contributed by atoms with van der Waals surface area (Å²) >= 11 is 0. The molecule has 5 heteroatoms. The van der Waals surface area contributed by atoms with E-state index in [9.17, 15) is 5.11 Å². The highest BCUT2D eigenvalue weighted by Gasteiger charge is 2.20. The lowest BCUT2D eigenvalue weighted by atomic mass is 10.2. The van der Waals surface area contributed by atoms with E-state index in [1.54, 1.807) is 12.1 Å². The van der Waals surface area contributed by atoms with Gasteiger partial charge in [0.2, 0.25) is 0 Å². The first kappa shape index (κ1) is 9.23. The van der Waals surface area contributed by atoms with Crippen molar-refractivity contribution in [3.05, 3.63) is 35.5 Å². The standard InChI is InChI=1S/C11H12N4O/c12-11-9-5-13-6-10(9)15(14-11)7-1-3-8(16)4-2-7/h1-4,13,16H,5-6H2,(H2,12,14). The van der Waals surface area contributed by atoms with E-state index in [2.05, 4.69) is 10.4 Å². The van der Waals surface area contributed by atoms with Crippen molar-refractivity contribution < 1.29 is 5.11 Å². The first-order valence-corrected chi connectivity index (χ1v) is 5.12. The zero-order chi connectivity index (χ0) is 11.1. The molecule has 0 fully saturated rings. The number of rotatable bonds is 1. The van der Waals surface area contributed by atoms with Gasteiger partial charge in [-0.1, -0.05) is 0 Å². The minimum absolute atomic E-state index is 0.249. The Morgan fingerprint density at radius 2 is 2.00 bits per heavy atom. The number of fused-ring (bicyclic) bond motifs is 1. The molecular formula is C11H12N4O. The lowest BCUT2D eigenvalue weighted by Crippen LogP contribution is -2.08. The number of aromatic hydroxyl groups is 1. The van der Waals surface area contributed by atoms with E-state index in [4.69, 9.17) is 5.73 Å². The zero-order valence-electron chi connectivity index (χ0n) is 8.64. The molecule has 5 nitrogen and oxygen atoms in total. The maximum absolute atomic E-state index is 9.24. The molecule has 82 valence electrons. The monoisotopic (exact) mass is 216 g/mol. The van der Waals surface area contributed by atoms with Crippen molar-refractivity contribution in [2.24, 2.45) is 0 Å². The average Bonchev–Trinajstić information content (AvgIpc) is 2.84. The number of anilines is 1. The third-order valence-corrected chi connectivity index (χ3v) is 2.81. The number of phenols is 1. The minimum atomic E-state index is 0.249. The normalized spacial score (nSPS) is 14.0. The van der Waals surface area contributed by atoms with Crippen LogP contribution < -0.4 is 11.1 Å². The molecule has 0 spiro atoms. The van der Waals surface area contributed by atoms with Gasteiger partial charge in [0.25, 0.3) is 0 Å². The smallest absolute Gasteiger partial charge is 0.150 e. The van der Waals surface area contributed by atoms with Crippen LogP contribution in [0.3, 0.4) is 0 Å². The SMILES string of the molecule is Nc1nn(-c2ccc(O)cc2)c2c1CNC2. The van der Waals surface area contributed by atoms with Crippen LogP contribution in [0.1, 0.15) is 11.3 Å². The van der Waals surface area contributed by atoms with Crippen LogP contribution in [0.25, 0.3) is 5.69 Å². The molecule has 2 heterocycles. The maximum atomic E-state index is 9.24. The number of nitrogens with zero attached hydrogens (tertiary/aromatic N) is 2. The second-order valence-corrected chi connectivity index (χ2v) is 3.84. The quantitative estimate of drug-likeness (QED) is 0.658. The van der Waals surface area contributed by atoms with Crippen molar-refractivity contribution in [3.8, 4) is 11.4 Å². The van der Waals surface area contributed by atoms with Gasteiger partial charge in [-0.3, -0.25) is 0 Å². The fourth-order valence-electron chi connectivity index (χ4n) is 1.99. The Bertz CT molecular complexity index is 530. The first-order chi connectivity index (χ1) is 7.75. The van der Waals surface area contributed by atoms with Gasteiger partial charge in [0, 0.05) is 18.7 Å². The van der Waals surface area contributed by atoms with E-state index in [0.29, 0.717) is 5.82 Å². The van der Waals surface area contributed by atoms with Gasteiger partial charge >= 0.3 is 0 Å². The molecule has 1 aliphatic heterocycles. The Morgan fingerprint density at radius 3 is 2.75 bits per heavy atom. The summed E-state index contributed by atoms with van der Waals surface area (Å²) in [5.41, 5.74) is 8.93. The van der Waals surface area contributed by atoms with E-state index >= 15 is 0 Å². The van der Waals surface area contributed by atoms with Gasteiger partial charge in [0.1, 0.15) is 5.75 Å². The molecule has 0 saturated heterocycles. The van der Waals surface area contributed by atoms with Crippen LogP contribution >= 0.6 is 0 Å². The number of hydrogen-bond acceptors (Lipinski definition) is 4. The summed E-state index contributed by atoms with van der Waals surface area (Å²) in [6.07, 6.45) is 0. The van der Waals surface area contributed by atoms with Gasteiger partial charge in [0.15, 0.2) is 5.82 Å². The highest BCUT2D eigenvalue weighted by Crippen LogP contribution is 2.25. The molecule has 0 atom stereocenters. The van der Waals surface area contributed by atoms with Gasteiger partial charge in [-0.25, -0.2) is 4.68 Å². The Labute approximate surface area is 92.5 Å². The predicted molar refractivity (Wildman–Crippen MR) is 60.2 cm³/mol. The summed E-state index contributed by atoms with van der Waals surface area (Å²) in [7, 11) is 0. The van der Waals surface area contributed by atoms with E-state index in [0.717, 1.165) is 30.0 Å². The second-order valence-electron chi connectivity index (χ2n) is 3.84.